The van der Waals surface area contributed by atoms with Crippen molar-refractivity contribution in [1.29, 1.82) is 0 Å². The molecule has 0 aliphatic heterocycles. The molecule has 2 amide bonds. The molecule has 0 radical (unpaired) electrons. The fraction of sp³-hybridized carbons (Fsp3) is 0.0909. The zero-order valence-electron chi connectivity index (χ0n) is 22.9. The number of hydrogen-bond donors (Lipinski definition) is 2. The van der Waals surface area contributed by atoms with Gasteiger partial charge in [-0.25, -0.2) is 10.1 Å². The highest BCUT2D eigenvalue weighted by Gasteiger charge is 2.15. The van der Waals surface area contributed by atoms with Gasteiger partial charge >= 0.3 is 11.8 Å². The van der Waals surface area contributed by atoms with Gasteiger partial charge < -0.3 is 14.8 Å². The SMILES string of the molecule is CCOc1ccc(NC(=O)C(=O)N/N=C/c2cn(-c3ccccc3)nc2-c2ccc(OCc3ccccc3)cc2)cc1. The minimum absolute atomic E-state index is 0.463. The highest BCUT2D eigenvalue weighted by Crippen LogP contribution is 2.25. The van der Waals surface area contributed by atoms with Crippen LogP contribution in [0.1, 0.15) is 18.1 Å². The zero-order valence-corrected chi connectivity index (χ0v) is 22.9. The standard InChI is InChI=1S/C33H29N5O4/c1-2-41-29-19-15-27(16-20-29)35-32(39)33(40)36-34-21-26-22-38(28-11-7-4-8-12-28)37-31(26)25-13-17-30(18-14-25)42-23-24-9-5-3-6-10-24/h3-22H,2,23H2,1H3,(H,35,39)(H,36,40)/b34-21+. The summed E-state index contributed by atoms with van der Waals surface area (Å²) in [6.07, 6.45) is 3.27. The highest BCUT2D eigenvalue weighted by molar-refractivity contribution is 6.39. The summed E-state index contributed by atoms with van der Waals surface area (Å²) in [5.41, 5.74) is 6.81. The van der Waals surface area contributed by atoms with Crippen molar-refractivity contribution in [3.05, 3.63) is 127 Å². The van der Waals surface area contributed by atoms with Gasteiger partial charge in [0.1, 0.15) is 23.8 Å². The van der Waals surface area contributed by atoms with Crippen molar-refractivity contribution >= 4 is 23.7 Å². The van der Waals surface area contributed by atoms with Crippen molar-refractivity contribution in [1.82, 2.24) is 15.2 Å². The van der Waals surface area contributed by atoms with Crippen molar-refractivity contribution < 1.29 is 19.1 Å². The van der Waals surface area contributed by atoms with Crippen LogP contribution in [0.3, 0.4) is 0 Å². The Labute approximate surface area is 243 Å². The van der Waals surface area contributed by atoms with E-state index in [0.29, 0.717) is 35.9 Å². The molecular formula is C33H29N5O4. The normalized spacial score (nSPS) is 10.8. The van der Waals surface area contributed by atoms with E-state index in [1.54, 1.807) is 35.1 Å². The highest BCUT2D eigenvalue weighted by atomic mass is 16.5. The topological polar surface area (TPSA) is 107 Å². The minimum atomic E-state index is -0.906. The zero-order chi connectivity index (χ0) is 29.1. The number of carbonyl (C=O) groups excluding carboxylic acids is 2. The van der Waals surface area contributed by atoms with Gasteiger partial charge in [-0.05, 0) is 73.2 Å². The van der Waals surface area contributed by atoms with Crippen molar-refractivity contribution in [2.45, 2.75) is 13.5 Å². The summed E-state index contributed by atoms with van der Waals surface area (Å²) in [6, 6.07) is 33.9. The molecule has 9 heteroatoms. The van der Waals surface area contributed by atoms with Gasteiger partial charge in [-0.1, -0.05) is 48.5 Å². The Morgan fingerprint density at radius 1 is 0.810 bits per heavy atom. The number of nitrogens with zero attached hydrogens (tertiary/aromatic N) is 3. The monoisotopic (exact) mass is 559 g/mol. The van der Waals surface area contributed by atoms with Gasteiger partial charge in [0.15, 0.2) is 0 Å². The predicted molar refractivity (Wildman–Crippen MR) is 162 cm³/mol. The number of para-hydroxylation sites is 1. The number of hydrazone groups is 1. The van der Waals surface area contributed by atoms with E-state index in [4.69, 9.17) is 14.6 Å². The molecule has 0 unspecified atom stereocenters. The summed E-state index contributed by atoms with van der Waals surface area (Å²) in [6.45, 7) is 2.88. The number of rotatable bonds is 10. The summed E-state index contributed by atoms with van der Waals surface area (Å²) < 4.78 is 13.0. The molecule has 210 valence electrons. The molecule has 0 atom stereocenters. The Morgan fingerprint density at radius 3 is 2.14 bits per heavy atom. The second-order valence-electron chi connectivity index (χ2n) is 9.12. The Morgan fingerprint density at radius 2 is 1.45 bits per heavy atom. The molecular weight excluding hydrogens is 530 g/mol. The van der Waals surface area contributed by atoms with Crippen LogP contribution in [0.15, 0.2) is 120 Å². The summed E-state index contributed by atoms with van der Waals surface area (Å²) in [7, 11) is 0. The van der Waals surface area contributed by atoms with Crippen LogP contribution in [0.4, 0.5) is 5.69 Å². The van der Waals surface area contributed by atoms with Gasteiger partial charge in [-0.2, -0.15) is 10.2 Å². The first-order valence-corrected chi connectivity index (χ1v) is 13.4. The second-order valence-corrected chi connectivity index (χ2v) is 9.12. The lowest BCUT2D eigenvalue weighted by atomic mass is 10.1. The number of ether oxygens (including phenoxy) is 2. The average Bonchev–Trinajstić information content (AvgIpc) is 3.46. The number of amides is 2. The van der Waals surface area contributed by atoms with Crippen LogP contribution >= 0.6 is 0 Å². The number of carbonyl (C=O) groups is 2. The Bertz CT molecular complexity index is 1650. The summed E-state index contributed by atoms with van der Waals surface area (Å²) in [5.74, 6) is -0.350. The van der Waals surface area contributed by atoms with Crippen molar-refractivity contribution in [2.24, 2.45) is 5.10 Å². The van der Waals surface area contributed by atoms with Crippen LogP contribution in [0, 0.1) is 0 Å². The molecule has 0 saturated carbocycles. The lowest BCUT2D eigenvalue weighted by Gasteiger charge is -2.07. The number of benzene rings is 4. The fourth-order valence-corrected chi connectivity index (χ4v) is 4.07. The largest absolute Gasteiger partial charge is 0.494 e. The van der Waals surface area contributed by atoms with Gasteiger partial charge in [-0.3, -0.25) is 9.59 Å². The first-order valence-electron chi connectivity index (χ1n) is 13.4. The summed E-state index contributed by atoms with van der Waals surface area (Å²) in [4.78, 5) is 24.8. The molecule has 1 aromatic heterocycles. The van der Waals surface area contributed by atoms with E-state index < -0.39 is 11.8 Å². The van der Waals surface area contributed by atoms with E-state index in [1.165, 1.54) is 6.21 Å². The Balaban J connectivity index is 1.29. The number of anilines is 1. The summed E-state index contributed by atoms with van der Waals surface area (Å²) in [5, 5.41) is 11.3. The maximum Gasteiger partial charge on any atom is 0.329 e. The Hall–Kier alpha value is -5.70. The van der Waals surface area contributed by atoms with Gasteiger partial charge in [0.25, 0.3) is 0 Å². The third-order valence-corrected chi connectivity index (χ3v) is 6.14. The maximum atomic E-state index is 12.4. The van der Waals surface area contributed by atoms with E-state index in [-0.39, 0.29) is 0 Å². The smallest absolute Gasteiger partial charge is 0.329 e. The molecule has 1 heterocycles. The van der Waals surface area contributed by atoms with Crippen LogP contribution < -0.4 is 20.2 Å². The average molecular weight is 560 g/mol. The molecule has 42 heavy (non-hydrogen) atoms. The Kier molecular flexibility index (Phi) is 9.01. The second kappa shape index (κ2) is 13.6. The summed E-state index contributed by atoms with van der Waals surface area (Å²) >= 11 is 0. The minimum Gasteiger partial charge on any atom is -0.494 e. The van der Waals surface area contributed by atoms with Crippen molar-refractivity contribution in [3.8, 4) is 28.4 Å². The number of nitrogens with one attached hydrogen (secondary N) is 2. The third-order valence-electron chi connectivity index (χ3n) is 6.14. The number of hydrogen-bond acceptors (Lipinski definition) is 6. The molecule has 9 nitrogen and oxygen atoms in total. The number of aromatic nitrogens is 2. The molecule has 0 spiro atoms. The lowest BCUT2D eigenvalue weighted by Crippen LogP contribution is -2.32. The van der Waals surface area contributed by atoms with E-state index in [1.807, 2.05) is 91.9 Å². The predicted octanol–water partition coefficient (Wildman–Crippen LogP) is 5.61. The van der Waals surface area contributed by atoms with E-state index in [9.17, 15) is 9.59 Å². The maximum absolute atomic E-state index is 12.4. The molecule has 2 N–H and O–H groups in total. The van der Waals surface area contributed by atoms with Gasteiger partial charge in [0.2, 0.25) is 0 Å². The third kappa shape index (κ3) is 7.28. The fourth-order valence-electron chi connectivity index (χ4n) is 4.07. The van der Waals surface area contributed by atoms with E-state index in [2.05, 4.69) is 15.8 Å². The molecule has 0 aliphatic carbocycles. The van der Waals surface area contributed by atoms with Crippen LogP contribution in [-0.4, -0.2) is 34.4 Å². The van der Waals surface area contributed by atoms with Crippen LogP contribution in [0.25, 0.3) is 16.9 Å². The van der Waals surface area contributed by atoms with Crippen LogP contribution in [0.2, 0.25) is 0 Å². The van der Waals surface area contributed by atoms with Gasteiger partial charge in [0.05, 0.1) is 18.5 Å². The van der Waals surface area contributed by atoms with Crippen molar-refractivity contribution in [2.75, 3.05) is 11.9 Å². The molecule has 0 saturated heterocycles. The first-order chi connectivity index (χ1) is 20.6. The molecule has 5 aromatic rings. The molecule has 5 rings (SSSR count). The van der Waals surface area contributed by atoms with Crippen molar-refractivity contribution in [3.63, 3.8) is 0 Å². The lowest BCUT2D eigenvalue weighted by molar-refractivity contribution is -0.136. The molecule has 4 aromatic carbocycles. The van der Waals surface area contributed by atoms with Gasteiger partial charge in [0, 0.05) is 23.0 Å². The molecule has 0 bridgehead atoms. The molecule has 0 aliphatic rings. The van der Waals surface area contributed by atoms with Crippen LogP contribution in [-0.2, 0) is 16.2 Å². The van der Waals surface area contributed by atoms with Gasteiger partial charge in [-0.15, -0.1) is 0 Å². The quantitative estimate of drug-likeness (QED) is 0.132. The van der Waals surface area contributed by atoms with E-state index in [0.717, 1.165) is 22.6 Å². The van der Waals surface area contributed by atoms with Crippen LogP contribution in [0.5, 0.6) is 11.5 Å². The molecule has 0 fully saturated rings. The first kappa shape index (κ1) is 27.9. The van der Waals surface area contributed by atoms with E-state index >= 15 is 0 Å².